The lowest BCUT2D eigenvalue weighted by molar-refractivity contribution is 1.20. The predicted molar refractivity (Wildman–Crippen MR) is 524 cm³/mol. The van der Waals surface area contributed by atoms with E-state index in [2.05, 4.69) is 472 Å². The van der Waals surface area contributed by atoms with Crippen LogP contribution in [-0.4, -0.2) is 28.2 Å². The van der Waals surface area contributed by atoms with E-state index in [0.29, 0.717) is 11.1 Å². The molecule has 124 heavy (non-hydrogen) atoms. The number of nitriles is 2. The van der Waals surface area contributed by atoms with Gasteiger partial charge in [0.15, 0.2) is 0 Å². The van der Waals surface area contributed by atoms with Gasteiger partial charge in [-0.15, -0.1) is 0 Å². The molecule has 10 heteroatoms. The third kappa shape index (κ3) is 18.9. The molecule has 0 N–H and O–H groups in total. The molecule has 0 aliphatic heterocycles. The fourth-order valence-corrected chi connectivity index (χ4v) is 15.6. The first-order valence-corrected chi connectivity index (χ1v) is 41.5. The zero-order valence-corrected chi connectivity index (χ0v) is 69.7. The molecule has 0 fully saturated rings. The van der Waals surface area contributed by atoms with Crippen molar-refractivity contribution >= 4 is 146 Å². The van der Waals surface area contributed by atoms with Crippen molar-refractivity contribution < 1.29 is 0 Å². The molecular formula is C114H92N10. The minimum absolute atomic E-state index is 0.658. The summed E-state index contributed by atoms with van der Waals surface area (Å²) < 4.78 is 0. The molecule has 0 aliphatic carbocycles. The van der Waals surface area contributed by atoms with Crippen LogP contribution in [0.4, 0.5) is 114 Å². The number of benzene rings is 19. The van der Waals surface area contributed by atoms with Crippen molar-refractivity contribution in [2.24, 2.45) is 0 Å². The highest BCUT2D eigenvalue weighted by molar-refractivity contribution is 6.01. The van der Waals surface area contributed by atoms with E-state index in [1.54, 1.807) is 0 Å². The number of fused-ring (bicyclic) bond motifs is 3. The zero-order chi connectivity index (χ0) is 84.8. The molecule has 598 valence electrons. The van der Waals surface area contributed by atoms with Crippen LogP contribution >= 0.6 is 0 Å². The first-order valence-electron chi connectivity index (χ1n) is 41.5. The van der Waals surface area contributed by atoms with Crippen LogP contribution in [0.5, 0.6) is 0 Å². The number of hydrogen-bond acceptors (Lipinski definition) is 10. The van der Waals surface area contributed by atoms with Crippen molar-refractivity contribution in [2.45, 2.75) is 0 Å². The van der Waals surface area contributed by atoms with Gasteiger partial charge in [0.1, 0.15) is 0 Å². The predicted octanol–water partition coefficient (Wildman–Crippen LogP) is 30.9. The van der Waals surface area contributed by atoms with Gasteiger partial charge in [-0.05, 0) is 259 Å². The van der Waals surface area contributed by atoms with Gasteiger partial charge in [0.05, 0.1) is 34.6 Å². The highest BCUT2D eigenvalue weighted by atomic mass is 15.2. The summed E-state index contributed by atoms with van der Waals surface area (Å²) in [5.41, 5.74) is 23.7. The van der Waals surface area contributed by atoms with Crippen LogP contribution in [-0.2, 0) is 0 Å². The lowest BCUT2D eigenvalue weighted by atomic mass is 10.1. The van der Waals surface area contributed by atoms with Gasteiger partial charge >= 0.3 is 0 Å². The van der Waals surface area contributed by atoms with Gasteiger partial charge in [-0.2, -0.15) is 10.5 Å². The van der Waals surface area contributed by atoms with Gasteiger partial charge < -0.3 is 39.2 Å². The smallest absolute Gasteiger partial charge is 0.0992 e. The van der Waals surface area contributed by atoms with Crippen LogP contribution in [0.25, 0.3) is 32.3 Å². The Balaban J connectivity index is 0.000000123. The molecule has 0 atom stereocenters. The van der Waals surface area contributed by atoms with E-state index in [1.807, 2.05) is 93.0 Å². The number of nitrogens with zero attached hydrogens (tertiary/aromatic N) is 10. The van der Waals surface area contributed by atoms with Crippen molar-refractivity contribution in [1.29, 1.82) is 10.5 Å². The maximum Gasteiger partial charge on any atom is 0.0992 e. The van der Waals surface area contributed by atoms with Crippen LogP contribution in [0, 0.1) is 22.7 Å². The van der Waals surface area contributed by atoms with Gasteiger partial charge in [-0.1, -0.05) is 243 Å². The van der Waals surface area contributed by atoms with Crippen LogP contribution in [0.2, 0.25) is 0 Å². The standard InChI is InChI=1S/C33H26N2.C29H24N2.2C26H21N3/c1-34(32-19-9-13-25-11-5-7-17-30(25)32)27-21-23-29(24-22-27)35(28-15-3-2-4-16-28)33-20-10-14-26-12-6-8-18-31(26)33;1-30(24-13-4-2-5-14-24)25-19-21-27(22-20-25)31(26-15-6-3-7-16-26)29-18-10-12-23-11-8-9-17-28(23)29;1-28(26-14-8-9-21(19-26)20-27)22-15-17-25(18-16-22)29(23-10-4-2-5-11-23)24-12-6-3-7-13-24;1-28(22-14-12-21(20-27)13-15-22)23-16-18-26(19-17-23)29(24-8-4-2-5-9-24)25-10-6-3-7-11-25/h2-24H,1H3;2-22H,1H3;2*2-19H,1H3. The Morgan fingerprint density at radius 3 is 0.677 bits per heavy atom. The normalized spacial score (nSPS) is 10.6. The quantitative estimate of drug-likeness (QED) is 0.0737. The van der Waals surface area contributed by atoms with Crippen molar-refractivity contribution in [2.75, 3.05) is 67.4 Å². The van der Waals surface area contributed by atoms with Crippen molar-refractivity contribution in [3.63, 3.8) is 0 Å². The molecule has 19 aromatic carbocycles. The highest BCUT2D eigenvalue weighted by Crippen LogP contribution is 2.44. The summed E-state index contributed by atoms with van der Waals surface area (Å²) in [7, 11) is 8.28. The summed E-state index contributed by atoms with van der Waals surface area (Å²) in [4.78, 5) is 17.8. The van der Waals surface area contributed by atoms with Crippen molar-refractivity contribution in [3.05, 3.63) is 496 Å². The molecule has 10 nitrogen and oxygen atoms in total. The third-order valence-corrected chi connectivity index (χ3v) is 22.1. The second-order valence-electron chi connectivity index (χ2n) is 29.8. The summed E-state index contributed by atoms with van der Waals surface area (Å²) in [6.07, 6.45) is 0. The summed E-state index contributed by atoms with van der Waals surface area (Å²) in [5, 5.41) is 25.6. The summed E-state index contributed by atoms with van der Waals surface area (Å²) in [6.45, 7) is 0. The monoisotopic (exact) mass is 1600 g/mol. The minimum Gasteiger partial charge on any atom is -0.345 e. The van der Waals surface area contributed by atoms with E-state index in [1.165, 1.54) is 55.1 Å². The second kappa shape index (κ2) is 39.3. The van der Waals surface area contributed by atoms with E-state index >= 15 is 0 Å². The molecule has 0 aliphatic rings. The Bertz CT molecular complexity index is 6650. The molecule has 19 aromatic rings. The maximum absolute atomic E-state index is 9.15. The lowest BCUT2D eigenvalue weighted by Crippen LogP contribution is -2.12. The number of hydrogen-bond donors (Lipinski definition) is 0. The fourth-order valence-electron chi connectivity index (χ4n) is 15.6. The molecule has 0 heterocycles. The zero-order valence-electron chi connectivity index (χ0n) is 69.7. The Hall–Kier alpha value is -16.7. The number of rotatable bonds is 20. The Morgan fingerprint density at radius 1 is 0.153 bits per heavy atom. The molecule has 0 spiro atoms. The Morgan fingerprint density at radius 2 is 0.355 bits per heavy atom. The van der Waals surface area contributed by atoms with Gasteiger partial charge in [-0.3, -0.25) is 0 Å². The lowest BCUT2D eigenvalue weighted by Gasteiger charge is -2.28. The molecular weight excluding hydrogens is 1510 g/mol. The van der Waals surface area contributed by atoms with E-state index in [4.69, 9.17) is 10.5 Å². The van der Waals surface area contributed by atoms with Crippen LogP contribution < -0.4 is 39.2 Å². The average molecular weight is 1600 g/mol. The average Bonchev–Trinajstić information content (AvgIpc) is 0.782. The summed E-state index contributed by atoms with van der Waals surface area (Å²) in [6, 6.07) is 172. The molecule has 0 unspecified atom stereocenters. The maximum atomic E-state index is 9.15. The first kappa shape index (κ1) is 81.1. The van der Waals surface area contributed by atoms with E-state index < -0.39 is 0 Å². The third-order valence-electron chi connectivity index (χ3n) is 22.1. The largest absolute Gasteiger partial charge is 0.345 e. The molecule has 0 saturated carbocycles. The Labute approximate surface area is 727 Å². The summed E-state index contributed by atoms with van der Waals surface area (Å²) in [5.74, 6) is 0. The van der Waals surface area contributed by atoms with Gasteiger partial charge in [0, 0.05) is 147 Å². The molecule has 0 saturated heterocycles. The second-order valence-corrected chi connectivity index (χ2v) is 29.8. The molecule has 19 rings (SSSR count). The van der Waals surface area contributed by atoms with Crippen LogP contribution in [0.3, 0.4) is 0 Å². The Kier molecular flexibility index (Phi) is 25.7. The SMILES string of the molecule is CN(c1ccc(C#N)cc1)c1ccc(N(c2ccccc2)c2ccccc2)cc1.CN(c1ccc(N(c2ccccc2)c2cccc3ccccc23)cc1)c1cccc2ccccc12.CN(c1ccc(N(c2ccccc2)c2ccccc2)cc1)c1cccc(C#N)c1.CN(c1ccccc1)c1ccc(N(c2ccccc2)c2cccc3ccccc23)cc1. The topological polar surface area (TPSA) is 73.5 Å². The van der Waals surface area contributed by atoms with E-state index in [-0.39, 0.29) is 0 Å². The van der Waals surface area contributed by atoms with Crippen molar-refractivity contribution in [1.82, 2.24) is 0 Å². The fraction of sp³-hybridized carbons (Fsp3) is 0.0351. The molecule has 0 radical (unpaired) electrons. The van der Waals surface area contributed by atoms with Crippen LogP contribution in [0.15, 0.2) is 485 Å². The highest BCUT2D eigenvalue weighted by Gasteiger charge is 2.21. The first-order chi connectivity index (χ1) is 61.1. The summed E-state index contributed by atoms with van der Waals surface area (Å²) >= 11 is 0. The minimum atomic E-state index is 0.658. The molecule has 0 bridgehead atoms. The van der Waals surface area contributed by atoms with Gasteiger partial charge in [-0.25, -0.2) is 0 Å². The van der Waals surface area contributed by atoms with Crippen LogP contribution in [0.1, 0.15) is 11.1 Å². The molecule has 0 aromatic heterocycles. The number of para-hydroxylation sites is 7. The van der Waals surface area contributed by atoms with Crippen molar-refractivity contribution in [3.8, 4) is 12.1 Å². The van der Waals surface area contributed by atoms with E-state index in [0.717, 1.165) is 91.0 Å². The van der Waals surface area contributed by atoms with Gasteiger partial charge in [0.25, 0.3) is 0 Å². The molecule has 0 amide bonds. The van der Waals surface area contributed by atoms with E-state index in [9.17, 15) is 0 Å². The van der Waals surface area contributed by atoms with Gasteiger partial charge in [0.2, 0.25) is 0 Å². The number of anilines is 20.